The van der Waals surface area contributed by atoms with E-state index in [1.807, 2.05) is 13.1 Å². The smallest absolute Gasteiger partial charge is 0.0225 e. The van der Waals surface area contributed by atoms with E-state index in [0.29, 0.717) is 6.04 Å². The molecule has 0 amide bonds. The first kappa shape index (κ1) is 9.07. The number of nitrogens with zero attached hydrogens (tertiary/aromatic N) is 1. The molecule has 1 rings (SSSR count). The highest BCUT2D eigenvalue weighted by atomic mass is 14.9. The fourth-order valence-electron chi connectivity index (χ4n) is 1.03. The third-order valence-corrected chi connectivity index (χ3v) is 1.87. The monoisotopic (exact) mass is 164 g/mol. The zero-order valence-corrected chi connectivity index (χ0v) is 7.75. The Morgan fingerprint density at radius 2 is 2.50 bits per heavy atom. The highest BCUT2D eigenvalue weighted by Crippen LogP contribution is 1.99. The third kappa shape index (κ3) is 2.55. The van der Waals surface area contributed by atoms with Gasteiger partial charge in [0.2, 0.25) is 0 Å². The van der Waals surface area contributed by atoms with Crippen LogP contribution in [0.4, 0.5) is 0 Å². The molecule has 0 aliphatic rings. The fraction of sp³-hybridized carbons (Fsp3) is 0.400. The zero-order valence-electron chi connectivity index (χ0n) is 7.75. The van der Waals surface area contributed by atoms with Gasteiger partial charge in [-0.15, -0.1) is 6.58 Å². The van der Waals surface area contributed by atoms with E-state index in [0.717, 1.165) is 6.54 Å². The predicted molar refractivity (Wildman–Crippen MR) is 51.9 cm³/mol. The van der Waals surface area contributed by atoms with Crippen molar-refractivity contribution >= 4 is 0 Å². The van der Waals surface area contributed by atoms with E-state index in [1.165, 1.54) is 5.56 Å². The van der Waals surface area contributed by atoms with Crippen molar-refractivity contribution in [3.05, 3.63) is 36.7 Å². The van der Waals surface area contributed by atoms with Gasteiger partial charge in [0, 0.05) is 32.0 Å². The van der Waals surface area contributed by atoms with Gasteiger partial charge in [-0.05, 0) is 18.6 Å². The molecule has 0 aromatic carbocycles. The second kappa shape index (κ2) is 4.12. The molecule has 2 nitrogen and oxygen atoms in total. The third-order valence-electron chi connectivity index (χ3n) is 1.87. The lowest BCUT2D eigenvalue weighted by Crippen LogP contribution is -2.22. The molecule has 0 aliphatic carbocycles. The Morgan fingerprint density at radius 3 is 3.00 bits per heavy atom. The van der Waals surface area contributed by atoms with Crippen LogP contribution >= 0.6 is 0 Å². The van der Waals surface area contributed by atoms with E-state index in [9.17, 15) is 0 Å². The number of aryl methyl sites for hydroxylation is 1. The van der Waals surface area contributed by atoms with Crippen LogP contribution < -0.4 is 5.32 Å². The summed E-state index contributed by atoms with van der Waals surface area (Å²) in [5.74, 6) is 0. The average Bonchev–Trinajstić information content (AvgIpc) is 2.47. The molecule has 1 N–H and O–H groups in total. The maximum absolute atomic E-state index is 3.71. The Kier molecular flexibility index (Phi) is 3.11. The molecule has 2 heteroatoms. The summed E-state index contributed by atoms with van der Waals surface area (Å²) < 4.78 is 2.05. The molecular formula is C10H16N2. The van der Waals surface area contributed by atoms with Crippen molar-refractivity contribution in [3.8, 4) is 0 Å². The molecule has 0 bridgehead atoms. The molecule has 66 valence electrons. The van der Waals surface area contributed by atoms with E-state index >= 15 is 0 Å². The average molecular weight is 164 g/mol. The number of aromatic nitrogens is 1. The molecule has 0 saturated carbocycles. The lowest BCUT2D eigenvalue weighted by Gasteiger charge is -2.06. The molecule has 1 atom stereocenters. The van der Waals surface area contributed by atoms with E-state index < -0.39 is 0 Å². The maximum Gasteiger partial charge on any atom is 0.0225 e. The summed E-state index contributed by atoms with van der Waals surface area (Å²) in [6.07, 6.45) is 6.07. The molecule has 0 saturated heterocycles. The normalized spacial score (nSPS) is 12.8. The number of nitrogens with one attached hydrogen (secondary N) is 1. The van der Waals surface area contributed by atoms with Crippen molar-refractivity contribution in [1.29, 1.82) is 0 Å². The summed E-state index contributed by atoms with van der Waals surface area (Å²) >= 11 is 0. The Bertz CT molecular complexity index is 250. The van der Waals surface area contributed by atoms with Gasteiger partial charge < -0.3 is 9.88 Å². The summed E-state index contributed by atoms with van der Waals surface area (Å²) in [4.78, 5) is 0. The fourth-order valence-corrected chi connectivity index (χ4v) is 1.03. The Labute approximate surface area is 73.9 Å². The molecule has 1 unspecified atom stereocenters. The van der Waals surface area contributed by atoms with Crippen molar-refractivity contribution in [3.63, 3.8) is 0 Å². The first-order chi connectivity index (χ1) is 5.72. The van der Waals surface area contributed by atoms with Gasteiger partial charge in [0.1, 0.15) is 0 Å². The van der Waals surface area contributed by atoms with Crippen molar-refractivity contribution < 1.29 is 0 Å². The SMILES string of the molecule is C=CC(C)NCc1ccn(C)c1. The van der Waals surface area contributed by atoms with Crippen molar-refractivity contribution in [2.75, 3.05) is 0 Å². The van der Waals surface area contributed by atoms with Crippen LogP contribution in [0.3, 0.4) is 0 Å². The van der Waals surface area contributed by atoms with Crippen molar-refractivity contribution in [2.24, 2.45) is 7.05 Å². The molecule has 0 aliphatic heterocycles. The Balaban J connectivity index is 2.37. The van der Waals surface area contributed by atoms with Crippen LogP contribution in [0, 0.1) is 0 Å². The van der Waals surface area contributed by atoms with E-state index in [-0.39, 0.29) is 0 Å². The molecule has 0 spiro atoms. The van der Waals surface area contributed by atoms with Crippen LogP contribution in [0.5, 0.6) is 0 Å². The first-order valence-corrected chi connectivity index (χ1v) is 4.19. The van der Waals surface area contributed by atoms with Crippen LogP contribution in [-0.2, 0) is 13.6 Å². The van der Waals surface area contributed by atoms with Gasteiger partial charge in [-0.3, -0.25) is 0 Å². The number of hydrogen-bond donors (Lipinski definition) is 1. The van der Waals surface area contributed by atoms with E-state index in [2.05, 4.69) is 41.8 Å². The van der Waals surface area contributed by atoms with Gasteiger partial charge in [-0.1, -0.05) is 6.08 Å². The van der Waals surface area contributed by atoms with Crippen molar-refractivity contribution in [1.82, 2.24) is 9.88 Å². The molecule has 1 heterocycles. The lowest BCUT2D eigenvalue weighted by molar-refractivity contribution is 0.633. The molecule has 1 aromatic rings. The predicted octanol–water partition coefficient (Wildman–Crippen LogP) is 1.69. The van der Waals surface area contributed by atoms with Gasteiger partial charge in [0.15, 0.2) is 0 Å². The van der Waals surface area contributed by atoms with E-state index in [1.54, 1.807) is 0 Å². The quantitative estimate of drug-likeness (QED) is 0.670. The highest BCUT2D eigenvalue weighted by Gasteiger charge is 1.96. The van der Waals surface area contributed by atoms with Gasteiger partial charge in [0.05, 0.1) is 0 Å². The highest BCUT2D eigenvalue weighted by molar-refractivity contribution is 5.09. The summed E-state index contributed by atoms with van der Waals surface area (Å²) in [5.41, 5.74) is 1.31. The van der Waals surface area contributed by atoms with Gasteiger partial charge in [-0.25, -0.2) is 0 Å². The minimum absolute atomic E-state index is 0.380. The van der Waals surface area contributed by atoms with Crippen LogP contribution in [-0.4, -0.2) is 10.6 Å². The summed E-state index contributed by atoms with van der Waals surface area (Å²) in [6.45, 7) is 6.71. The van der Waals surface area contributed by atoms with Crippen LogP contribution in [0.2, 0.25) is 0 Å². The Morgan fingerprint density at radius 1 is 1.75 bits per heavy atom. The molecule has 1 aromatic heterocycles. The largest absolute Gasteiger partial charge is 0.357 e. The minimum Gasteiger partial charge on any atom is -0.357 e. The minimum atomic E-state index is 0.380. The standard InChI is InChI=1S/C10H16N2/c1-4-9(2)11-7-10-5-6-12(3)8-10/h4-6,8-9,11H,1,7H2,2-3H3. The molecule has 0 fully saturated rings. The first-order valence-electron chi connectivity index (χ1n) is 4.19. The Hall–Kier alpha value is -1.02. The molecule has 0 radical (unpaired) electrons. The zero-order chi connectivity index (χ0) is 8.97. The molecular weight excluding hydrogens is 148 g/mol. The topological polar surface area (TPSA) is 17.0 Å². The summed E-state index contributed by atoms with van der Waals surface area (Å²) in [5, 5.41) is 3.33. The van der Waals surface area contributed by atoms with Gasteiger partial charge >= 0.3 is 0 Å². The van der Waals surface area contributed by atoms with Crippen LogP contribution in [0.1, 0.15) is 12.5 Å². The molecule has 12 heavy (non-hydrogen) atoms. The second-order valence-corrected chi connectivity index (χ2v) is 3.09. The van der Waals surface area contributed by atoms with Crippen molar-refractivity contribution in [2.45, 2.75) is 19.5 Å². The number of hydrogen-bond acceptors (Lipinski definition) is 1. The van der Waals surface area contributed by atoms with Crippen LogP contribution in [0.15, 0.2) is 31.1 Å². The maximum atomic E-state index is 3.71. The van der Waals surface area contributed by atoms with Crippen LogP contribution in [0.25, 0.3) is 0 Å². The second-order valence-electron chi connectivity index (χ2n) is 3.09. The summed E-state index contributed by atoms with van der Waals surface area (Å²) in [7, 11) is 2.03. The van der Waals surface area contributed by atoms with E-state index in [4.69, 9.17) is 0 Å². The number of rotatable bonds is 4. The lowest BCUT2D eigenvalue weighted by atomic mass is 10.3. The van der Waals surface area contributed by atoms with Gasteiger partial charge in [0.25, 0.3) is 0 Å². The van der Waals surface area contributed by atoms with Gasteiger partial charge in [-0.2, -0.15) is 0 Å². The summed E-state index contributed by atoms with van der Waals surface area (Å²) in [6, 6.07) is 2.49.